The van der Waals surface area contributed by atoms with Gasteiger partial charge in [-0.15, -0.1) is 23.1 Å². The van der Waals surface area contributed by atoms with E-state index in [4.69, 9.17) is 0 Å². The predicted octanol–water partition coefficient (Wildman–Crippen LogP) is 4.16. The van der Waals surface area contributed by atoms with Gasteiger partial charge >= 0.3 is 5.97 Å². The molecule has 0 aliphatic carbocycles. The molecule has 3 nitrogen and oxygen atoms in total. The van der Waals surface area contributed by atoms with Crippen LogP contribution in [0.5, 0.6) is 0 Å². The van der Waals surface area contributed by atoms with Crippen molar-refractivity contribution >= 4 is 29.1 Å². The molecule has 1 heterocycles. The van der Waals surface area contributed by atoms with Crippen molar-refractivity contribution in [2.75, 3.05) is 12.9 Å². The summed E-state index contributed by atoms with van der Waals surface area (Å²) < 4.78 is 18.8. The molecule has 0 saturated carbocycles. The van der Waals surface area contributed by atoms with Crippen molar-refractivity contribution in [3.05, 3.63) is 34.6 Å². The number of halogens is 1. The van der Waals surface area contributed by atoms with E-state index in [0.29, 0.717) is 10.6 Å². The number of esters is 1. The molecule has 106 valence electrons. The topological polar surface area (TPSA) is 39.2 Å². The van der Waals surface area contributed by atoms with Crippen LogP contribution in [0.25, 0.3) is 10.6 Å². The number of aromatic nitrogens is 1. The first-order chi connectivity index (χ1) is 9.58. The molecule has 1 aromatic carbocycles. The Morgan fingerprint density at radius 1 is 1.50 bits per heavy atom. The van der Waals surface area contributed by atoms with Gasteiger partial charge in [0, 0.05) is 9.77 Å². The monoisotopic (exact) mass is 311 g/mol. The van der Waals surface area contributed by atoms with Crippen molar-refractivity contribution in [3.63, 3.8) is 0 Å². The van der Waals surface area contributed by atoms with E-state index in [1.807, 2.05) is 13.0 Å². The molecular formula is C14H14FNO2S2. The normalized spacial score (nSPS) is 10.6. The van der Waals surface area contributed by atoms with Crippen LogP contribution in [0.15, 0.2) is 23.1 Å². The molecule has 20 heavy (non-hydrogen) atoms. The van der Waals surface area contributed by atoms with Gasteiger partial charge in [0.2, 0.25) is 0 Å². The number of hydrogen-bond acceptors (Lipinski definition) is 5. The van der Waals surface area contributed by atoms with E-state index in [1.54, 1.807) is 24.8 Å². The zero-order valence-corrected chi connectivity index (χ0v) is 13.0. The number of ether oxygens (including phenoxy) is 1. The van der Waals surface area contributed by atoms with Crippen molar-refractivity contribution < 1.29 is 13.9 Å². The molecule has 0 fully saturated rings. The van der Waals surface area contributed by atoms with Crippen LogP contribution in [0.3, 0.4) is 0 Å². The van der Waals surface area contributed by atoms with Gasteiger partial charge in [-0.3, -0.25) is 0 Å². The van der Waals surface area contributed by atoms with E-state index >= 15 is 0 Å². The fourth-order valence-electron chi connectivity index (χ4n) is 1.78. The average molecular weight is 311 g/mol. The second kappa shape index (κ2) is 6.37. The minimum atomic E-state index is -0.494. The smallest absolute Gasteiger partial charge is 0.357 e. The molecule has 0 spiro atoms. The molecule has 6 heteroatoms. The first kappa shape index (κ1) is 15.0. The molecule has 1 aromatic heterocycles. The van der Waals surface area contributed by atoms with Gasteiger partial charge in [-0.1, -0.05) is 13.0 Å². The Balaban J connectivity index is 2.54. The summed E-state index contributed by atoms with van der Waals surface area (Å²) in [5.41, 5.74) is 0.714. The maximum atomic E-state index is 14.1. The lowest BCUT2D eigenvalue weighted by Gasteiger charge is -2.06. The summed E-state index contributed by atoms with van der Waals surface area (Å²) in [5.74, 6) is 0.0182. The highest BCUT2D eigenvalue weighted by molar-refractivity contribution is 7.99. The zero-order valence-electron chi connectivity index (χ0n) is 11.4. The van der Waals surface area contributed by atoms with Crippen LogP contribution in [-0.2, 0) is 4.74 Å². The highest BCUT2D eigenvalue weighted by Crippen LogP contribution is 2.36. The molecule has 0 unspecified atom stereocenters. The van der Waals surface area contributed by atoms with Gasteiger partial charge < -0.3 is 4.74 Å². The SMILES string of the molecule is CCSc1cccc(F)c1-c1nc(C(=O)OC)c(C)s1. The van der Waals surface area contributed by atoms with Crippen LogP contribution in [0.2, 0.25) is 0 Å². The van der Waals surface area contributed by atoms with Crippen molar-refractivity contribution in [1.82, 2.24) is 4.98 Å². The standard InChI is InChI=1S/C14H14FNO2S2/c1-4-19-10-7-5-6-9(15)11(10)13-16-12(8(2)20-13)14(17)18-3/h5-7H,4H2,1-3H3. The van der Waals surface area contributed by atoms with Crippen LogP contribution in [0, 0.1) is 12.7 Å². The molecule has 0 saturated heterocycles. The second-order valence-electron chi connectivity index (χ2n) is 3.96. The van der Waals surface area contributed by atoms with Gasteiger partial charge in [0.05, 0.1) is 12.7 Å². The Hall–Kier alpha value is -1.40. The van der Waals surface area contributed by atoms with Crippen LogP contribution < -0.4 is 0 Å². The van der Waals surface area contributed by atoms with Gasteiger partial charge in [0.15, 0.2) is 5.69 Å². The molecule has 2 aromatic rings. The molecular weight excluding hydrogens is 297 g/mol. The molecule has 0 N–H and O–H groups in total. The van der Waals surface area contributed by atoms with E-state index in [-0.39, 0.29) is 11.5 Å². The molecule has 0 aliphatic rings. The number of benzene rings is 1. The molecule has 2 rings (SSSR count). The molecule has 0 amide bonds. The summed E-state index contributed by atoms with van der Waals surface area (Å²) in [6.45, 7) is 3.78. The molecule has 0 aliphatic heterocycles. The first-order valence-electron chi connectivity index (χ1n) is 6.05. The number of rotatable bonds is 4. The lowest BCUT2D eigenvalue weighted by molar-refractivity contribution is 0.0594. The van der Waals surface area contributed by atoms with Gasteiger partial charge in [-0.05, 0) is 24.8 Å². The first-order valence-corrected chi connectivity index (χ1v) is 7.86. The summed E-state index contributed by atoms with van der Waals surface area (Å²) in [4.78, 5) is 17.4. The van der Waals surface area contributed by atoms with Crippen LogP contribution >= 0.6 is 23.1 Å². The van der Waals surface area contributed by atoms with E-state index < -0.39 is 5.97 Å². The number of carbonyl (C=O) groups excluding carboxylic acids is 1. The predicted molar refractivity (Wildman–Crippen MR) is 80.0 cm³/mol. The van der Waals surface area contributed by atoms with E-state index in [0.717, 1.165) is 15.5 Å². The van der Waals surface area contributed by atoms with Gasteiger partial charge in [0.1, 0.15) is 10.8 Å². The number of nitrogens with zero attached hydrogens (tertiary/aromatic N) is 1. The average Bonchev–Trinajstić information content (AvgIpc) is 2.80. The molecule has 0 atom stereocenters. The summed E-state index contributed by atoms with van der Waals surface area (Å²) >= 11 is 2.85. The lowest BCUT2D eigenvalue weighted by atomic mass is 10.2. The fourth-order valence-corrected chi connectivity index (χ4v) is 3.63. The third kappa shape index (κ3) is 2.86. The largest absolute Gasteiger partial charge is 0.464 e. The van der Waals surface area contributed by atoms with E-state index in [1.165, 1.54) is 24.5 Å². The van der Waals surface area contributed by atoms with E-state index in [2.05, 4.69) is 9.72 Å². The number of thiazole rings is 1. The van der Waals surface area contributed by atoms with Crippen LogP contribution in [0.1, 0.15) is 22.3 Å². The third-order valence-electron chi connectivity index (χ3n) is 2.66. The number of carbonyl (C=O) groups is 1. The van der Waals surface area contributed by atoms with Gasteiger partial charge in [-0.25, -0.2) is 14.2 Å². The Labute approximate surface area is 125 Å². The van der Waals surface area contributed by atoms with Crippen molar-refractivity contribution in [2.45, 2.75) is 18.7 Å². The van der Waals surface area contributed by atoms with Crippen molar-refractivity contribution in [3.8, 4) is 10.6 Å². The molecule has 0 bridgehead atoms. The number of hydrogen-bond donors (Lipinski definition) is 0. The van der Waals surface area contributed by atoms with Crippen LogP contribution in [0.4, 0.5) is 4.39 Å². The Morgan fingerprint density at radius 3 is 2.90 bits per heavy atom. The Bertz CT molecular complexity index is 640. The van der Waals surface area contributed by atoms with Gasteiger partial charge in [0.25, 0.3) is 0 Å². The fraction of sp³-hybridized carbons (Fsp3) is 0.286. The van der Waals surface area contributed by atoms with Crippen molar-refractivity contribution in [2.24, 2.45) is 0 Å². The number of thioether (sulfide) groups is 1. The van der Waals surface area contributed by atoms with E-state index in [9.17, 15) is 9.18 Å². The highest BCUT2D eigenvalue weighted by atomic mass is 32.2. The number of aryl methyl sites for hydroxylation is 1. The highest BCUT2D eigenvalue weighted by Gasteiger charge is 2.20. The van der Waals surface area contributed by atoms with Crippen LogP contribution in [-0.4, -0.2) is 23.8 Å². The number of methoxy groups -OCH3 is 1. The Kier molecular flexibility index (Phi) is 4.77. The third-order valence-corrected chi connectivity index (χ3v) is 4.59. The minimum absolute atomic E-state index is 0.253. The zero-order chi connectivity index (χ0) is 14.7. The lowest BCUT2D eigenvalue weighted by Crippen LogP contribution is -2.03. The second-order valence-corrected chi connectivity index (χ2v) is 6.47. The maximum Gasteiger partial charge on any atom is 0.357 e. The summed E-state index contributed by atoms with van der Waals surface area (Å²) in [7, 11) is 1.31. The summed E-state index contributed by atoms with van der Waals surface area (Å²) in [5, 5.41) is 0.511. The quantitative estimate of drug-likeness (QED) is 0.628. The summed E-state index contributed by atoms with van der Waals surface area (Å²) in [6.07, 6.45) is 0. The Morgan fingerprint density at radius 2 is 2.25 bits per heavy atom. The maximum absolute atomic E-state index is 14.1. The van der Waals surface area contributed by atoms with Gasteiger partial charge in [-0.2, -0.15) is 0 Å². The molecule has 0 radical (unpaired) electrons. The summed E-state index contributed by atoms with van der Waals surface area (Å²) in [6, 6.07) is 4.95. The minimum Gasteiger partial charge on any atom is -0.464 e. The van der Waals surface area contributed by atoms with Crippen molar-refractivity contribution in [1.29, 1.82) is 0 Å².